The van der Waals surface area contributed by atoms with Gasteiger partial charge in [-0.1, -0.05) is 37.3 Å². The first-order valence-corrected chi connectivity index (χ1v) is 6.88. The molecule has 0 fully saturated rings. The number of aryl methyl sites for hydroxylation is 1. The Hall–Kier alpha value is -1.12. The van der Waals surface area contributed by atoms with Gasteiger partial charge >= 0.3 is 0 Å². The number of rotatable bonds is 4. The lowest BCUT2D eigenvalue weighted by atomic mass is 9.91. The van der Waals surface area contributed by atoms with Gasteiger partial charge in [0.1, 0.15) is 0 Å². The molecule has 1 heterocycles. The number of likely N-dealkylation sites (N-methyl/N-ethyl adjacent to an activating group) is 1. The highest BCUT2D eigenvalue weighted by molar-refractivity contribution is 7.10. The first-order valence-electron chi connectivity index (χ1n) is 6.00. The molecule has 2 aromatic rings. The normalized spacial score (nSPS) is 14.5. The van der Waals surface area contributed by atoms with E-state index in [-0.39, 0.29) is 0 Å². The molecule has 2 atom stereocenters. The van der Waals surface area contributed by atoms with Crippen molar-refractivity contribution in [1.29, 1.82) is 0 Å². The second kappa shape index (κ2) is 5.48. The van der Waals surface area contributed by atoms with E-state index >= 15 is 0 Å². The summed E-state index contributed by atoms with van der Waals surface area (Å²) in [5, 5.41) is 5.63. The van der Waals surface area contributed by atoms with Crippen LogP contribution >= 0.6 is 11.3 Å². The van der Waals surface area contributed by atoms with Crippen molar-refractivity contribution >= 4 is 11.3 Å². The number of hydrogen-bond acceptors (Lipinski definition) is 2. The molecule has 0 aliphatic rings. The Balaban J connectivity index is 2.28. The highest BCUT2D eigenvalue weighted by Gasteiger charge is 2.21. The SMILES string of the molecule is CNC(c1sccc1C)C(C)c1ccccc1. The van der Waals surface area contributed by atoms with Crippen molar-refractivity contribution < 1.29 is 0 Å². The summed E-state index contributed by atoms with van der Waals surface area (Å²) in [4.78, 5) is 1.45. The van der Waals surface area contributed by atoms with Gasteiger partial charge in [-0.05, 0) is 36.5 Å². The van der Waals surface area contributed by atoms with Gasteiger partial charge in [0.25, 0.3) is 0 Å². The second-order valence-corrected chi connectivity index (χ2v) is 5.38. The van der Waals surface area contributed by atoms with E-state index in [1.165, 1.54) is 16.0 Å². The minimum atomic E-state index is 0.400. The smallest absolute Gasteiger partial charge is 0.0481 e. The zero-order valence-corrected chi connectivity index (χ0v) is 11.4. The van der Waals surface area contributed by atoms with Crippen molar-refractivity contribution in [1.82, 2.24) is 5.32 Å². The molecule has 0 aliphatic carbocycles. The minimum absolute atomic E-state index is 0.400. The van der Waals surface area contributed by atoms with E-state index in [0.717, 1.165) is 0 Å². The van der Waals surface area contributed by atoms with Gasteiger partial charge in [-0.2, -0.15) is 0 Å². The van der Waals surface area contributed by atoms with Gasteiger partial charge in [-0.15, -0.1) is 11.3 Å². The molecule has 2 unspecified atom stereocenters. The summed E-state index contributed by atoms with van der Waals surface area (Å²) < 4.78 is 0. The average Bonchev–Trinajstić information content (AvgIpc) is 2.78. The van der Waals surface area contributed by atoms with Crippen LogP contribution < -0.4 is 5.32 Å². The predicted molar refractivity (Wildman–Crippen MR) is 75.7 cm³/mol. The topological polar surface area (TPSA) is 12.0 Å². The van der Waals surface area contributed by atoms with E-state index < -0.39 is 0 Å². The predicted octanol–water partition coefficient (Wildman–Crippen LogP) is 4.12. The Morgan fingerprint density at radius 2 is 1.82 bits per heavy atom. The van der Waals surface area contributed by atoms with Gasteiger partial charge in [0, 0.05) is 16.8 Å². The number of benzene rings is 1. The van der Waals surface area contributed by atoms with Gasteiger partial charge < -0.3 is 5.32 Å². The average molecular weight is 245 g/mol. The molecule has 0 spiro atoms. The Morgan fingerprint density at radius 3 is 2.35 bits per heavy atom. The third-order valence-electron chi connectivity index (χ3n) is 3.32. The Morgan fingerprint density at radius 1 is 1.12 bits per heavy atom. The summed E-state index contributed by atoms with van der Waals surface area (Å²) in [6.45, 7) is 4.48. The lowest BCUT2D eigenvalue weighted by molar-refractivity contribution is 0.514. The van der Waals surface area contributed by atoms with Crippen LogP contribution in [0.2, 0.25) is 0 Å². The standard InChI is InChI=1S/C15H19NS/c1-11-9-10-17-15(11)14(16-3)12(2)13-7-5-4-6-8-13/h4-10,12,14,16H,1-3H3. The molecule has 0 bridgehead atoms. The number of hydrogen-bond donors (Lipinski definition) is 1. The molecule has 1 aromatic carbocycles. The monoisotopic (exact) mass is 245 g/mol. The molecule has 0 saturated carbocycles. The highest BCUT2D eigenvalue weighted by atomic mass is 32.1. The molecule has 0 radical (unpaired) electrons. The fraction of sp³-hybridized carbons (Fsp3) is 0.333. The zero-order chi connectivity index (χ0) is 12.3. The Bertz CT molecular complexity index is 461. The minimum Gasteiger partial charge on any atom is -0.312 e. The summed E-state index contributed by atoms with van der Waals surface area (Å²) in [7, 11) is 2.04. The van der Waals surface area contributed by atoms with Crippen molar-refractivity contribution in [2.24, 2.45) is 0 Å². The molecule has 2 heteroatoms. The van der Waals surface area contributed by atoms with E-state index in [2.05, 4.69) is 60.9 Å². The van der Waals surface area contributed by atoms with Crippen molar-refractivity contribution in [2.75, 3.05) is 7.05 Å². The first kappa shape index (κ1) is 12.3. The molecule has 0 amide bonds. The van der Waals surface area contributed by atoms with E-state index in [4.69, 9.17) is 0 Å². The van der Waals surface area contributed by atoms with Crippen LogP contribution in [0.25, 0.3) is 0 Å². The lowest BCUT2D eigenvalue weighted by Gasteiger charge is -2.24. The van der Waals surface area contributed by atoms with Gasteiger partial charge in [-0.3, -0.25) is 0 Å². The van der Waals surface area contributed by atoms with Crippen LogP contribution in [0.4, 0.5) is 0 Å². The van der Waals surface area contributed by atoms with Crippen LogP contribution in [0.3, 0.4) is 0 Å². The second-order valence-electron chi connectivity index (χ2n) is 4.43. The largest absolute Gasteiger partial charge is 0.312 e. The summed E-state index contributed by atoms with van der Waals surface area (Å²) in [6, 6.07) is 13.3. The van der Waals surface area contributed by atoms with Gasteiger partial charge in [-0.25, -0.2) is 0 Å². The number of thiophene rings is 1. The van der Waals surface area contributed by atoms with Crippen LogP contribution in [0, 0.1) is 6.92 Å². The fourth-order valence-corrected chi connectivity index (χ4v) is 3.40. The Labute approximate surface area is 108 Å². The molecule has 90 valence electrons. The van der Waals surface area contributed by atoms with E-state index in [1.807, 2.05) is 18.4 Å². The fourth-order valence-electron chi connectivity index (χ4n) is 2.26. The van der Waals surface area contributed by atoms with Crippen molar-refractivity contribution in [3.63, 3.8) is 0 Å². The lowest BCUT2D eigenvalue weighted by Crippen LogP contribution is -2.21. The maximum atomic E-state index is 3.45. The maximum Gasteiger partial charge on any atom is 0.0481 e. The first-order chi connectivity index (χ1) is 8.24. The molecule has 0 saturated heterocycles. The van der Waals surface area contributed by atoms with E-state index in [9.17, 15) is 0 Å². The summed E-state index contributed by atoms with van der Waals surface area (Å²) in [6.07, 6.45) is 0. The van der Waals surface area contributed by atoms with Crippen LogP contribution in [-0.2, 0) is 0 Å². The van der Waals surface area contributed by atoms with Gasteiger partial charge in [0.2, 0.25) is 0 Å². The van der Waals surface area contributed by atoms with Crippen LogP contribution in [-0.4, -0.2) is 7.05 Å². The van der Waals surface area contributed by atoms with Crippen molar-refractivity contribution in [2.45, 2.75) is 25.8 Å². The molecule has 2 rings (SSSR count). The molecular formula is C15H19NS. The van der Waals surface area contributed by atoms with Crippen LogP contribution in [0.15, 0.2) is 41.8 Å². The molecular weight excluding hydrogens is 226 g/mol. The molecule has 0 aliphatic heterocycles. The zero-order valence-electron chi connectivity index (χ0n) is 10.6. The van der Waals surface area contributed by atoms with Crippen molar-refractivity contribution in [3.05, 3.63) is 57.8 Å². The molecule has 1 N–H and O–H groups in total. The molecule has 1 nitrogen and oxygen atoms in total. The highest BCUT2D eigenvalue weighted by Crippen LogP contribution is 2.34. The Kier molecular flexibility index (Phi) is 3.97. The van der Waals surface area contributed by atoms with Gasteiger partial charge in [0.05, 0.1) is 0 Å². The third-order valence-corrected chi connectivity index (χ3v) is 4.42. The van der Waals surface area contributed by atoms with E-state index in [1.54, 1.807) is 0 Å². The quantitative estimate of drug-likeness (QED) is 0.854. The van der Waals surface area contributed by atoms with E-state index in [0.29, 0.717) is 12.0 Å². The molecule has 17 heavy (non-hydrogen) atoms. The summed E-state index contributed by atoms with van der Waals surface area (Å²) in [5.74, 6) is 0.485. The van der Waals surface area contributed by atoms with Crippen molar-refractivity contribution in [3.8, 4) is 0 Å². The van der Waals surface area contributed by atoms with Crippen LogP contribution in [0.5, 0.6) is 0 Å². The van der Waals surface area contributed by atoms with Crippen LogP contribution in [0.1, 0.15) is 34.9 Å². The molecule has 1 aromatic heterocycles. The third kappa shape index (κ3) is 2.59. The summed E-state index contributed by atoms with van der Waals surface area (Å²) >= 11 is 1.84. The maximum absolute atomic E-state index is 3.45. The van der Waals surface area contributed by atoms with Gasteiger partial charge in [0.15, 0.2) is 0 Å². The summed E-state index contributed by atoms with van der Waals surface area (Å²) in [5.41, 5.74) is 2.77. The number of nitrogens with one attached hydrogen (secondary N) is 1.